The molecule has 0 aromatic heterocycles. The van der Waals surface area contributed by atoms with Crippen molar-refractivity contribution in [3.05, 3.63) is 0 Å². The molecular formula is C17H38O5Si. The van der Waals surface area contributed by atoms with Crippen LogP contribution in [0.25, 0.3) is 0 Å². The third-order valence-corrected chi connectivity index (χ3v) is 8.46. The van der Waals surface area contributed by atoms with E-state index in [-0.39, 0.29) is 11.1 Å². The zero-order chi connectivity index (χ0) is 17.8. The van der Waals surface area contributed by atoms with Gasteiger partial charge in [-0.2, -0.15) is 0 Å². The fraction of sp³-hybridized carbons (Fsp3) is 1.00. The van der Waals surface area contributed by atoms with Gasteiger partial charge in [0.15, 0.2) is 8.32 Å². The molecule has 0 unspecified atom stereocenters. The standard InChI is InChI=1S/C17H38O5Si/c1-16(2)21-14-12-19-10-8-18-9-11-20-13-15-22-23(6,7)17(3,4)5/h16H,8-15H2,1-7H3. The lowest BCUT2D eigenvalue weighted by Crippen LogP contribution is -2.41. The van der Waals surface area contributed by atoms with Crippen LogP contribution in [-0.2, 0) is 23.4 Å². The lowest BCUT2D eigenvalue weighted by Gasteiger charge is -2.36. The summed E-state index contributed by atoms with van der Waals surface area (Å²) < 4.78 is 27.8. The van der Waals surface area contributed by atoms with E-state index in [2.05, 4.69) is 33.9 Å². The molecule has 6 heteroatoms. The molecular weight excluding hydrogens is 312 g/mol. The first-order chi connectivity index (χ1) is 10.7. The molecule has 0 aromatic carbocycles. The maximum absolute atomic E-state index is 6.03. The van der Waals surface area contributed by atoms with E-state index in [9.17, 15) is 0 Å². The van der Waals surface area contributed by atoms with Gasteiger partial charge in [0.1, 0.15) is 0 Å². The van der Waals surface area contributed by atoms with E-state index in [1.807, 2.05) is 13.8 Å². The Kier molecular flexibility index (Phi) is 12.4. The Hall–Kier alpha value is 0.0169. The Bertz CT molecular complexity index is 277. The van der Waals surface area contributed by atoms with Crippen molar-refractivity contribution in [2.75, 3.05) is 52.9 Å². The predicted molar refractivity (Wildman–Crippen MR) is 96.7 cm³/mol. The van der Waals surface area contributed by atoms with Crippen LogP contribution in [-0.4, -0.2) is 67.3 Å². The van der Waals surface area contributed by atoms with Crippen LogP contribution in [0.5, 0.6) is 0 Å². The van der Waals surface area contributed by atoms with Crippen molar-refractivity contribution in [1.29, 1.82) is 0 Å². The Morgan fingerprint density at radius 2 is 1.09 bits per heavy atom. The number of hydrogen-bond acceptors (Lipinski definition) is 5. The van der Waals surface area contributed by atoms with Gasteiger partial charge in [-0.3, -0.25) is 0 Å². The molecule has 0 aliphatic heterocycles. The zero-order valence-electron chi connectivity index (χ0n) is 16.3. The Balaban J connectivity index is 3.29. The first-order valence-electron chi connectivity index (χ1n) is 8.65. The van der Waals surface area contributed by atoms with Crippen molar-refractivity contribution in [2.45, 2.75) is 58.9 Å². The lowest BCUT2D eigenvalue weighted by atomic mass is 10.2. The molecule has 0 spiro atoms. The molecule has 23 heavy (non-hydrogen) atoms. The molecule has 0 aliphatic carbocycles. The summed E-state index contributed by atoms with van der Waals surface area (Å²) in [6, 6.07) is 0. The normalized spacial score (nSPS) is 13.0. The highest BCUT2D eigenvalue weighted by molar-refractivity contribution is 6.74. The predicted octanol–water partition coefficient (Wildman–Crippen LogP) is 3.48. The van der Waals surface area contributed by atoms with Crippen molar-refractivity contribution in [1.82, 2.24) is 0 Å². The molecule has 140 valence electrons. The number of ether oxygens (including phenoxy) is 4. The smallest absolute Gasteiger partial charge is 0.192 e. The minimum Gasteiger partial charge on any atom is -0.414 e. The molecule has 0 bridgehead atoms. The zero-order valence-corrected chi connectivity index (χ0v) is 17.3. The van der Waals surface area contributed by atoms with E-state index >= 15 is 0 Å². The molecule has 0 radical (unpaired) electrons. The third-order valence-electron chi connectivity index (χ3n) is 3.92. The minimum absolute atomic E-state index is 0.246. The maximum atomic E-state index is 6.03. The monoisotopic (exact) mass is 350 g/mol. The van der Waals surface area contributed by atoms with Crippen LogP contribution in [0, 0.1) is 0 Å². The fourth-order valence-corrected chi connectivity index (χ4v) is 2.48. The van der Waals surface area contributed by atoms with Crippen LogP contribution in [0.3, 0.4) is 0 Å². The molecule has 0 aliphatic rings. The van der Waals surface area contributed by atoms with Gasteiger partial charge in [-0.15, -0.1) is 0 Å². The van der Waals surface area contributed by atoms with Gasteiger partial charge in [-0.05, 0) is 32.0 Å². The van der Waals surface area contributed by atoms with E-state index in [0.29, 0.717) is 52.9 Å². The number of hydrogen-bond donors (Lipinski definition) is 0. The largest absolute Gasteiger partial charge is 0.414 e. The number of rotatable bonds is 14. The van der Waals surface area contributed by atoms with E-state index in [1.165, 1.54) is 0 Å². The van der Waals surface area contributed by atoms with Crippen LogP contribution in [0.4, 0.5) is 0 Å². The summed E-state index contributed by atoms with van der Waals surface area (Å²) in [4.78, 5) is 0. The molecule has 0 heterocycles. The lowest BCUT2D eigenvalue weighted by molar-refractivity contribution is -0.0137. The summed E-state index contributed by atoms with van der Waals surface area (Å²) in [6.45, 7) is 20.2. The van der Waals surface area contributed by atoms with Gasteiger partial charge in [0, 0.05) is 0 Å². The quantitative estimate of drug-likeness (QED) is 0.354. The summed E-state index contributed by atoms with van der Waals surface area (Å²) in [5.74, 6) is 0. The van der Waals surface area contributed by atoms with Crippen molar-refractivity contribution in [3.63, 3.8) is 0 Å². The maximum Gasteiger partial charge on any atom is 0.192 e. The van der Waals surface area contributed by atoms with Crippen LogP contribution < -0.4 is 0 Å². The summed E-state index contributed by atoms with van der Waals surface area (Å²) in [5, 5.41) is 0.246. The van der Waals surface area contributed by atoms with Gasteiger partial charge in [-0.25, -0.2) is 0 Å². The highest BCUT2D eigenvalue weighted by Gasteiger charge is 2.36. The molecule has 0 aromatic rings. The molecule has 0 N–H and O–H groups in total. The second-order valence-corrected chi connectivity index (χ2v) is 12.2. The van der Waals surface area contributed by atoms with Crippen molar-refractivity contribution >= 4 is 8.32 Å². The highest BCUT2D eigenvalue weighted by atomic mass is 28.4. The van der Waals surface area contributed by atoms with Crippen LogP contribution >= 0.6 is 0 Å². The fourth-order valence-electron chi connectivity index (χ4n) is 1.46. The molecule has 0 saturated carbocycles. The Morgan fingerprint density at radius 1 is 0.696 bits per heavy atom. The second-order valence-electron chi connectivity index (χ2n) is 7.37. The van der Waals surface area contributed by atoms with E-state index in [0.717, 1.165) is 0 Å². The van der Waals surface area contributed by atoms with Gasteiger partial charge in [0.2, 0.25) is 0 Å². The van der Waals surface area contributed by atoms with E-state index in [4.69, 9.17) is 23.4 Å². The third kappa shape index (κ3) is 13.0. The SMILES string of the molecule is CC(C)OCCOCCOCCOCCO[Si](C)(C)C(C)(C)C. The molecule has 0 atom stereocenters. The van der Waals surface area contributed by atoms with Crippen molar-refractivity contribution in [3.8, 4) is 0 Å². The van der Waals surface area contributed by atoms with E-state index in [1.54, 1.807) is 0 Å². The van der Waals surface area contributed by atoms with Gasteiger partial charge in [0.05, 0.1) is 59.0 Å². The second kappa shape index (κ2) is 12.4. The van der Waals surface area contributed by atoms with Crippen LogP contribution in [0.15, 0.2) is 0 Å². The minimum atomic E-state index is -1.65. The molecule has 5 nitrogen and oxygen atoms in total. The highest BCUT2D eigenvalue weighted by Crippen LogP contribution is 2.36. The topological polar surface area (TPSA) is 46.2 Å². The Labute approximate surface area is 144 Å². The van der Waals surface area contributed by atoms with E-state index < -0.39 is 8.32 Å². The first-order valence-corrected chi connectivity index (χ1v) is 11.6. The first kappa shape index (κ1) is 23.0. The average Bonchev–Trinajstić information content (AvgIpc) is 2.42. The van der Waals surface area contributed by atoms with Gasteiger partial charge in [0.25, 0.3) is 0 Å². The van der Waals surface area contributed by atoms with Crippen LogP contribution in [0.2, 0.25) is 18.1 Å². The summed E-state index contributed by atoms with van der Waals surface area (Å²) in [7, 11) is -1.65. The van der Waals surface area contributed by atoms with Gasteiger partial charge in [-0.1, -0.05) is 20.8 Å². The molecule has 0 saturated heterocycles. The summed E-state index contributed by atoms with van der Waals surface area (Å²) >= 11 is 0. The molecule has 0 fully saturated rings. The van der Waals surface area contributed by atoms with Crippen molar-refractivity contribution in [2.24, 2.45) is 0 Å². The molecule has 0 rings (SSSR count). The van der Waals surface area contributed by atoms with Crippen LogP contribution in [0.1, 0.15) is 34.6 Å². The summed E-state index contributed by atoms with van der Waals surface area (Å²) in [6.07, 6.45) is 0.257. The van der Waals surface area contributed by atoms with Crippen molar-refractivity contribution < 1.29 is 23.4 Å². The molecule has 0 amide bonds. The Morgan fingerprint density at radius 3 is 1.48 bits per heavy atom. The van der Waals surface area contributed by atoms with Gasteiger partial charge >= 0.3 is 0 Å². The van der Waals surface area contributed by atoms with Gasteiger partial charge < -0.3 is 23.4 Å². The average molecular weight is 351 g/mol. The summed E-state index contributed by atoms with van der Waals surface area (Å²) in [5.41, 5.74) is 0.